The van der Waals surface area contributed by atoms with E-state index in [1.165, 1.54) is 21.2 Å². The Morgan fingerprint density at radius 3 is 2.31 bits per heavy atom. The van der Waals surface area contributed by atoms with Gasteiger partial charge in [-0.05, 0) is 72.6 Å². The summed E-state index contributed by atoms with van der Waals surface area (Å²) in [6.07, 6.45) is 2.74. The molecule has 0 aliphatic carbocycles. The quantitative estimate of drug-likeness (QED) is 0.140. The van der Waals surface area contributed by atoms with E-state index in [-0.39, 0.29) is 6.61 Å². The third-order valence-electron chi connectivity index (χ3n) is 9.28. The lowest BCUT2D eigenvalue weighted by Crippen LogP contribution is -2.32. The summed E-state index contributed by atoms with van der Waals surface area (Å²) in [6, 6.07) is 35.7. The highest BCUT2D eigenvalue weighted by Gasteiger charge is 2.40. The zero-order chi connectivity index (χ0) is 34.9. The summed E-state index contributed by atoms with van der Waals surface area (Å²) in [4.78, 5) is 38.0. The number of aromatic nitrogens is 3. The Kier molecular flexibility index (Phi) is 8.90. The fourth-order valence-electron chi connectivity index (χ4n) is 6.48. The summed E-state index contributed by atoms with van der Waals surface area (Å²) in [5, 5.41) is 2.47. The van der Waals surface area contributed by atoms with E-state index in [2.05, 4.69) is 54.6 Å². The molecule has 1 fully saturated rings. The Morgan fingerprint density at radius 2 is 1.55 bits per heavy atom. The monoisotopic (exact) mass is 693 g/mol. The van der Waals surface area contributed by atoms with E-state index in [1.54, 1.807) is 48.1 Å². The van der Waals surface area contributed by atoms with Gasteiger partial charge in [-0.3, -0.25) is 4.57 Å². The third-order valence-corrected chi connectivity index (χ3v) is 10.4. The van der Waals surface area contributed by atoms with Gasteiger partial charge < -0.3 is 14.2 Å². The molecule has 3 atom stereocenters. The van der Waals surface area contributed by atoms with Gasteiger partial charge in [0.2, 0.25) is 0 Å². The third kappa shape index (κ3) is 6.91. The van der Waals surface area contributed by atoms with Crippen LogP contribution in [0, 0.1) is 13.8 Å². The van der Waals surface area contributed by atoms with Gasteiger partial charge in [0.1, 0.15) is 30.6 Å². The largest absolute Gasteiger partial charge is 0.459 e. The van der Waals surface area contributed by atoms with Crippen molar-refractivity contribution < 1.29 is 23.8 Å². The van der Waals surface area contributed by atoms with Crippen molar-refractivity contribution >= 4 is 45.2 Å². The molecule has 8 rings (SSSR count). The summed E-state index contributed by atoms with van der Waals surface area (Å²) in [7, 11) is 0. The first-order valence-corrected chi connectivity index (χ1v) is 17.7. The second-order valence-electron chi connectivity index (χ2n) is 12.9. The number of aryl methyl sites for hydroxylation is 2. The second kappa shape index (κ2) is 13.9. The number of nitrogens with zero attached hydrogens (tertiary/aromatic N) is 3. The second-order valence-corrected chi connectivity index (χ2v) is 14.1. The normalized spacial score (nSPS) is 17.2. The molecule has 3 aromatic heterocycles. The van der Waals surface area contributed by atoms with Crippen LogP contribution in [0.15, 0.2) is 122 Å². The molecular formula is C42H35N3O5S. The number of rotatable bonds is 9. The maximum Gasteiger partial charge on any atom is 0.338 e. The van der Waals surface area contributed by atoms with Crippen LogP contribution in [-0.2, 0) is 20.6 Å². The summed E-state index contributed by atoms with van der Waals surface area (Å²) < 4.78 is 20.0. The number of ether oxygens (including phenoxy) is 3. The summed E-state index contributed by atoms with van der Waals surface area (Å²) in [5.41, 5.74) is 6.62. The van der Waals surface area contributed by atoms with Crippen molar-refractivity contribution in [2.75, 3.05) is 6.61 Å². The van der Waals surface area contributed by atoms with Crippen LogP contribution < -0.4 is 0 Å². The number of hydrogen-bond acceptors (Lipinski definition) is 8. The molecule has 1 aliphatic rings. The standard InChI is InChI=1S/C42H35N3O5S/c1-26-7-12-30(13-8-26)41(46)48-24-36-35(50-42(47)31-14-9-27(2)10-15-31)23-38(49-36)45-25-44-39-34(19-20-43-40(39)45)37-18-17-33(51-37)22-28-11-16-29-5-3-4-6-32(29)21-28/h3-21,25,35-36,38H,22-24H2,1-2H3/t35?,36-,38?/m1/s1. The van der Waals surface area contributed by atoms with Crippen LogP contribution in [0.5, 0.6) is 0 Å². The predicted octanol–water partition coefficient (Wildman–Crippen LogP) is 8.89. The molecule has 0 radical (unpaired) electrons. The van der Waals surface area contributed by atoms with Crippen LogP contribution >= 0.6 is 11.3 Å². The SMILES string of the molecule is Cc1ccc(C(=O)OC[C@H]2OC(n3cnc4c(-c5ccc(Cc6ccc7ccccc7c6)s5)ccnc43)CC2OC(=O)c2ccc(C)cc2)cc1. The van der Waals surface area contributed by atoms with Crippen LogP contribution in [0.4, 0.5) is 0 Å². The van der Waals surface area contributed by atoms with Gasteiger partial charge in [0, 0.05) is 34.4 Å². The molecule has 4 aromatic carbocycles. The van der Waals surface area contributed by atoms with E-state index >= 15 is 0 Å². The van der Waals surface area contributed by atoms with Gasteiger partial charge in [0.15, 0.2) is 5.65 Å². The molecule has 2 unspecified atom stereocenters. The number of pyridine rings is 1. The first-order valence-electron chi connectivity index (χ1n) is 16.9. The minimum Gasteiger partial charge on any atom is -0.459 e. The molecule has 0 N–H and O–H groups in total. The molecule has 9 heteroatoms. The molecule has 0 spiro atoms. The molecular weight excluding hydrogens is 659 g/mol. The maximum atomic E-state index is 13.2. The van der Waals surface area contributed by atoms with Crippen LogP contribution in [0.3, 0.4) is 0 Å². The van der Waals surface area contributed by atoms with Crippen molar-refractivity contribution in [3.05, 3.63) is 154 Å². The van der Waals surface area contributed by atoms with E-state index in [0.717, 1.165) is 33.5 Å². The molecule has 0 saturated carbocycles. The van der Waals surface area contributed by atoms with Gasteiger partial charge in [0.25, 0.3) is 0 Å². The molecule has 4 heterocycles. The molecule has 7 aromatic rings. The number of imidazole rings is 1. The topological polar surface area (TPSA) is 92.5 Å². The molecule has 0 amide bonds. The Bertz CT molecular complexity index is 2360. The minimum absolute atomic E-state index is 0.0878. The smallest absolute Gasteiger partial charge is 0.338 e. The first kappa shape index (κ1) is 32.6. The highest BCUT2D eigenvalue weighted by molar-refractivity contribution is 7.15. The molecule has 51 heavy (non-hydrogen) atoms. The van der Waals surface area contributed by atoms with Gasteiger partial charge in [-0.25, -0.2) is 19.6 Å². The Labute approximate surface area is 299 Å². The minimum atomic E-state index is -0.700. The average molecular weight is 694 g/mol. The van der Waals surface area contributed by atoms with Crippen molar-refractivity contribution in [1.29, 1.82) is 0 Å². The van der Waals surface area contributed by atoms with Crippen molar-refractivity contribution in [2.24, 2.45) is 0 Å². The van der Waals surface area contributed by atoms with E-state index in [1.807, 2.05) is 48.7 Å². The lowest BCUT2D eigenvalue weighted by molar-refractivity contribution is -0.0563. The Balaban J connectivity index is 1.03. The lowest BCUT2D eigenvalue weighted by Gasteiger charge is -2.19. The zero-order valence-electron chi connectivity index (χ0n) is 28.2. The number of thiophene rings is 1. The maximum absolute atomic E-state index is 13.2. The van der Waals surface area contributed by atoms with Gasteiger partial charge in [-0.1, -0.05) is 77.9 Å². The van der Waals surface area contributed by atoms with Crippen molar-refractivity contribution in [3.8, 4) is 10.4 Å². The van der Waals surface area contributed by atoms with Gasteiger partial charge in [-0.2, -0.15) is 0 Å². The molecule has 1 aliphatic heterocycles. The van der Waals surface area contributed by atoms with Crippen LogP contribution in [0.2, 0.25) is 0 Å². The fraction of sp³-hybridized carbons (Fsp3) is 0.190. The van der Waals surface area contributed by atoms with E-state index in [9.17, 15) is 9.59 Å². The van der Waals surface area contributed by atoms with E-state index in [0.29, 0.717) is 23.2 Å². The lowest BCUT2D eigenvalue weighted by atomic mass is 10.0. The summed E-state index contributed by atoms with van der Waals surface area (Å²) in [5.74, 6) is -0.937. The molecule has 1 saturated heterocycles. The van der Waals surface area contributed by atoms with Crippen molar-refractivity contribution in [2.45, 2.75) is 45.1 Å². The number of esters is 2. The van der Waals surface area contributed by atoms with E-state index in [4.69, 9.17) is 24.2 Å². The molecule has 254 valence electrons. The zero-order valence-corrected chi connectivity index (χ0v) is 29.0. The average Bonchev–Trinajstić information content (AvgIpc) is 3.90. The number of carbonyl (C=O) groups is 2. The predicted molar refractivity (Wildman–Crippen MR) is 198 cm³/mol. The highest BCUT2D eigenvalue weighted by Crippen LogP contribution is 2.37. The van der Waals surface area contributed by atoms with Crippen molar-refractivity contribution in [3.63, 3.8) is 0 Å². The Hall–Kier alpha value is -5.64. The summed E-state index contributed by atoms with van der Waals surface area (Å²) in [6.45, 7) is 3.83. The van der Waals surface area contributed by atoms with E-state index < -0.39 is 30.4 Å². The number of hydrogen-bond donors (Lipinski definition) is 0. The van der Waals surface area contributed by atoms with Crippen LogP contribution in [0.1, 0.15) is 54.9 Å². The van der Waals surface area contributed by atoms with Gasteiger partial charge >= 0.3 is 11.9 Å². The highest BCUT2D eigenvalue weighted by atomic mass is 32.1. The van der Waals surface area contributed by atoms with Gasteiger partial charge in [-0.15, -0.1) is 11.3 Å². The summed E-state index contributed by atoms with van der Waals surface area (Å²) >= 11 is 1.74. The number of benzene rings is 4. The number of fused-ring (bicyclic) bond motifs is 2. The van der Waals surface area contributed by atoms with Gasteiger partial charge in [0.05, 0.1) is 17.5 Å². The van der Waals surface area contributed by atoms with Crippen molar-refractivity contribution in [1.82, 2.24) is 14.5 Å². The molecule has 0 bridgehead atoms. The number of carbonyl (C=O) groups excluding carboxylic acids is 2. The fourth-order valence-corrected chi connectivity index (χ4v) is 7.55. The molecule has 8 nitrogen and oxygen atoms in total. The first-order chi connectivity index (χ1) is 24.9. The van der Waals surface area contributed by atoms with Crippen LogP contribution in [-0.4, -0.2) is 45.3 Å². The van der Waals surface area contributed by atoms with Crippen LogP contribution in [0.25, 0.3) is 32.4 Å². The Morgan fingerprint density at radius 1 is 0.824 bits per heavy atom.